The van der Waals surface area contributed by atoms with Crippen LogP contribution < -0.4 is 14.8 Å². The van der Waals surface area contributed by atoms with Gasteiger partial charge in [-0.15, -0.1) is 11.3 Å². The molecule has 0 radical (unpaired) electrons. The summed E-state index contributed by atoms with van der Waals surface area (Å²) < 4.78 is 16.5. The van der Waals surface area contributed by atoms with Crippen LogP contribution in [0.2, 0.25) is 0 Å². The van der Waals surface area contributed by atoms with Gasteiger partial charge in [0.05, 0.1) is 36.5 Å². The van der Waals surface area contributed by atoms with E-state index < -0.39 is 0 Å². The second kappa shape index (κ2) is 10.3. The zero-order chi connectivity index (χ0) is 22.5. The molecule has 3 heterocycles. The van der Waals surface area contributed by atoms with Crippen molar-refractivity contribution in [2.75, 3.05) is 58.9 Å². The Morgan fingerprint density at radius 1 is 1.16 bits per heavy atom. The van der Waals surface area contributed by atoms with Crippen molar-refractivity contribution in [1.29, 1.82) is 0 Å². The standard InChI is InChI=1S/C23H29N3O5S/c1-29-19-13-17(18(14-20(19)30-2)24-22(27)21-6-4-12-32-21)23(28)26-9-7-25(8-10-26)15-16-5-3-11-31-16/h4,6,12-14,16H,3,5,7-11,15H2,1-2H3,(H,24,27)/t16-/m0/s1. The van der Waals surface area contributed by atoms with E-state index in [9.17, 15) is 9.59 Å². The SMILES string of the molecule is COc1cc(NC(=O)c2cccs2)c(C(=O)N2CCN(C[C@@H]3CCCO3)CC2)cc1OC. The molecule has 32 heavy (non-hydrogen) atoms. The zero-order valence-corrected chi connectivity index (χ0v) is 19.3. The number of carbonyl (C=O) groups is 2. The van der Waals surface area contributed by atoms with Crippen LogP contribution in [-0.4, -0.2) is 81.3 Å². The molecule has 0 aliphatic carbocycles. The van der Waals surface area contributed by atoms with Crippen LogP contribution in [0.25, 0.3) is 0 Å². The predicted octanol–water partition coefficient (Wildman–Crippen LogP) is 2.95. The van der Waals surface area contributed by atoms with Gasteiger partial charge in [0.2, 0.25) is 0 Å². The maximum Gasteiger partial charge on any atom is 0.265 e. The Bertz CT molecular complexity index is 935. The fourth-order valence-corrected chi connectivity index (χ4v) is 4.75. The number of anilines is 1. The molecule has 0 bridgehead atoms. The van der Waals surface area contributed by atoms with Gasteiger partial charge in [-0.2, -0.15) is 0 Å². The van der Waals surface area contributed by atoms with Gasteiger partial charge in [-0.1, -0.05) is 6.07 Å². The van der Waals surface area contributed by atoms with Crippen molar-refractivity contribution in [3.8, 4) is 11.5 Å². The number of nitrogens with one attached hydrogen (secondary N) is 1. The highest BCUT2D eigenvalue weighted by Gasteiger charge is 2.28. The topological polar surface area (TPSA) is 80.3 Å². The Labute approximate surface area is 192 Å². The van der Waals surface area contributed by atoms with Crippen LogP contribution in [0, 0.1) is 0 Å². The molecule has 2 fully saturated rings. The molecule has 1 aromatic heterocycles. The van der Waals surface area contributed by atoms with Crippen molar-refractivity contribution in [2.24, 2.45) is 0 Å². The highest BCUT2D eigenvalue weighted by Crippen LogP contribution is 2.34. The molecule has 1 aromatic carbocycles. The van der Waals surface area contributed by atoms with Crippen LogP contribution in [0.3, 0.4) is 0 Å². The molecule has 172 valence electrons. The summed E-state index contributed by atoms with van der Waals surface area (Å²) in [4.78, 5) is 30.9. The van der Waals surface area contributed by atoms with E-state index in [0.29, 0.717) is 46.8 Å². The van der Waals surface area contributed by atoms with Crippen molar-refractivity contribution in [1.82, 2.24) is 9.80 Å². The third-order valence-corrected chi connectivity index (χ3v) is 6.76. The van der Waals surface area contributed by atoms with E-state index in [1.54, 1.807) is 18.2 Å². The summed E-state index contributed by atoms with van der Waals surface area (Å²) in [6.45, 7) is 4.62. The quantitative estimate of drug-likeness (QED) is 0.686. The van der Waals surface area contributed by atoms with Gasteiger partial charge in [0.25, 0.3) is 11.8 Å². The Kier molecular flexibility index (Phi) is 7.29. The normalized spacial score (nSPS) is 19.1. The van der Waals surface area contributed by atoms with E-state index >= 15 is 0 Å². The van der Waals surface area contributed by atoms with Gasteiger partial charge < -0.3 is 24.4 Å². The molecule has 1 N–H and O–H groups in total. The average molecular weight is 460 g/mol. The number of methoxy groups -OCH3 is 2. The molecule has 8 nitrogen and oxygen atoms in total. The fraction of sp³-hybridized carbons (Fsp3) is 0.478. The minimum absolute atomic E-state index is 0.135. The van der Waals surface area contributed by atoms with Crippen molar-refractivity contribution >= 4 is 28.8 Å². The van der Waals surface area contributed by atoms with E-state index in [-0.39, 0.29) is 11.8 Å². The number of rotatable bonds is 7. The first kappa shape index (κ1) is 22.6. The first-order chi connectivity index (χ1) is 15.6. The zero-order valence-electron chi connectivity index (χ0n) is 18.5. The Hall–Kier alpha value is -2.62. The molecule has 2 saturated heterocycles. The number of hydrogen-bond donors (Lipinski definition) is 1. The minimum Gasteiger partial charge on any atom is -0.493 e. The first-order valence-electron chi connectivity index (χ1n) is 10.8. The number of thiophene rings is 1. The number of ether oxygens (including phenoxy) is 3. The van der Waals surface area contributed by atoms with Crippen LogP contribution in [0.4, 0.5) is 5.69 Å². The molecule has 0 unspecified atom stereocenters. The summed E-state index contributed by atoms with van der Waals surface area (Å²) in [5.74, 6) is 0.501. The molecule has 2 aliphatic heterocycles. The van der Waals surface area contributed by atoms with Crippen molar-refractivity contribution in [2.45, 2.75) is 18.9 Å². The lowest BCUT2D eigenvalue weighted by atomic mass is 10.1. The van der Waals surface area contributed by atoms with Crippen molar-refractivity contribution in [3.05, 3.63) is 40.1 Å². The maximum absolute atomic E-state index is 13.4. The van der Waals surface area contributed by atoms with Gasteiger partial charge in [0.1, 0.15) is 0 Å². The number of amides is 2. The van der Waals surface area contributed by atoms with Gasteiger partial charge in [0, 0.05) is 45.4 Å². The van der Waals surface area contributed by atoms with E-state index in [1.807, 2.05) is 16.3 Å². The lowest BCUT2D eigenvalue weighted by molar-refractivity contribution is 0.0433. The molecule has 9 heteroatoms. The average Bonchev–Trinajstić information content (AvgIpc) is 3.53. The summed E-state index contributed by atoms with van der Waals surface area (Å²) in [5.41, 5.74) is 0.799. The van der Waals surface area contributed by atoms with Crippen LogP contribution in [0.15, 0.2) is 29.6 Å². The van der Waals surface area contributed by atoms with Gasteiger partial charge in [-0.05, 0) is 30.4 Å². The van der Waals surface area contributed by atoms with Gasteiger partial charge in [-0.3, -0.25) is 14.5 Å². The number of benzene rings is 1. The van der Waals surface area contributed by atoms with E-state index in [2.05, 4.69) is 10.2 Å². The number of carbonyl (C=O) groups excluding carboxylic acids is 2. The van der Waals surface area contributed by atoms with E-state index in [4.69, 9.17) is 14.2 Å². The van der Waals surface area contributed by atoms with Crippen LogP contribution in [0.5, 0.6) is 11.5 Å². The first-order valence-corrected chi connectivity index (χ1v) is 11.7. The Balaban J connectivity index is 1.50. The van der Waals surface area contributed by atoms with E-state index in [1.165, 1.54) is 25.6 Å². The van der Waals surface area contributed by atoms with Crippen molar-refractivity contribution < 1.29 is 23.8 Å². The molecule has 0 spiro atoms. The summed E-state index contributed by atoms with van der Waals surface area (Å²) >= 11 is 1.34. The molecule has 2 aliphatic rings. The fourth-order valence-electron chi connectivity index (χ4n) is 4.13. The van der Waals surface area contributed by atoms with Gasteiger partial charge >= 0.3 is 0 Å². The minimum atomic E-state index is -0.261. The summed E-state index contributed by atoms with van der Waals surface area (Å²) in [6, 6.07) is 6.85. The molecular weight excluding hydrogens is 430 g/mol. The lowest BCUT2D eigenvalue weighted by Gasteiger charge is -2.36. The van der Waals surface area contributed by atoms with E-state index in [0.717, 1.165) is 39.1 Å². The summed E-state index contributed by atoms with van der Waals surface area (Å²) in [5, 5.41) is 4.72. The van der Waals surface area contributed by atoms with Crippen LogP contribution in [0.1, 0.15) is 32.9 Å². The smallest absolute Gasteiger partial charge is 0.265 e. The molecule has 4 rings (SSSR count). The van der Waals surface area contributed by atoms with Crippen LogP contribution >= 0.6 is 11.3 Å². The molecule has 2 amide bonds. The predicted molar refractivity (Wildman–Crippen MR) is 123 cm³/mol. The summed E-state index contributed by atoms with van der Waals surface area (Å²) in [7, 11) is 3.05. The second-order valence-electron chi connectivity index (χ2n) is 7.91. The number of nitrogens with zero attached hydrogens (tertiary/aromatic N) is 2. The van der Waals surface area contributed by atoms with Crippen LogP contribution in [-0.2, 0) is 4.74 Å². The Morgan fingerprint density at radius 3 is 2.53 bits per heavy atom. The molecule has 1 atom stereocenters. The monoisotopic (exact) mass is 459 g/mol. The third kappa shape index (κ3) is 5.06. The highest BCUT2D eigenvalue weighted by molar-refractivity contribution is 7.12. The molecule has 2 aromatic rings. The maximum atomic E-state index is 13.4. The van der Waals surface area contributed by atoms with Crippen molar-refractivity contribution in [3.63, 3.8) is 0 Å². The second-order valence-corrected chi connectivity index (χ2v) is 8.86. The molecule has 0 saturated carbocycles. The Morgan fingerprint density at radius 2 is 1.91 bits per heavy atom. The third-order valence-electron chi connectivity index (χ3n) is 5.89. The highest BCUT2D eigenvalue weighted by atomic mass is 32.1. The molecular formula is C23H29N3O5S. The van der Waals surface area contributed by atoms with Gasteiger partial charge in [-0.25, -0.2) is 0 Å². The summed E-state index contributed by atoms with van der Waals surface area (Å²) in [6.07, 6.45) is 2.54. The largest absolute Gasteiger partial charge is 0.493 e. The number of piperazine rings is 1. The number of hydrogen-bond acceptors (Lipinski definition) is 7. The lowest BCUT2D eigenvalue weighted by Crippen LogP contribution is -2.50. The van der Waals surface area contributed by atoms with Gasteiger partial charge in [0.15, 0.2) is 11.5 Å².